The van der Waals surface area contributed by atoms with Crippen molar-refractivity contribution in [2.75, 3.05) is 5.32 Å². The number of nitrogens with zero attached hydrogens (tertiary/aromatic N) is 1. The highest BCUT2D eigenvalue weighted by Crippen LogP contribution is 2.18. The van der Waals surface area contributed by atoms with Crippen molar-refractivity contribution in [1.82, 2.24) is 4.98 Å². The van der Waals surface area contributed by atoms with Crippen LogP contribution in [0.4, 0.5) is 5.69 Å². The molecule has 3 nitrogen and oxygen atoms in total. The average molecular weight is 246 g/mol. The smallest absolute Gasteiger partial charge is 0.267 e. The highest BCUT2D eigenvalue weighted by atomic mass is 32.1. The second-order valence-corrected chi connectivity index (χ2v) is 4.86. The van der Waals surface area contributed by atoms with Gasteiger partial charge in [-0.25, -0.2) is 4.98 Å². The summed E-state index contributed by atoms with van der Waals surface area (Å²) in [6, 6.07) is 7.73. The lowest BCUT2D eigenvalue weighted by Crippen LogP contribution is -2.10. The summed E-state index contributed by atoms with van der Waals surface area (Å²) in [5.74, 6) is -0.0866. The second-order valence-electron chi connectivity index (χ2n) is 3.74. The molecule has 0 saturated carbocycles. The molecule has 0 saturated heterocycles. The standard InChI is InChI=1S/C13H14N2OS/c1-3-12-14-8-11(17-12)13(16)15-10-7-5-4-6-9(10)2/h4-8H,3H2,1-2H3,(H,15,16). The fourth-order valence-electron chi connectivity index (χ4n) is 1.48. The fourth-order valence-corrected chi connectivity index (χ4v) is 2.23. The van der Waals surface area contributed by atoms with Crippen molar-refractivity contribution < 1.29 is 4.79 Å². The molecule has 0 atom stereocenters. The number of carbonyl (C=O) groups is 1. The van der Waals surface area contributed by atoms with E-state index in [4.69, 9.17) is 0 Å². The van der Waals surface area contributed by atoms with Crippen LogP contribution < -0.4 is 5.32 Å². The van der Waals surface area contributed by atoms with E-state index < -0.39 is 0 Å². The Bertz CT molecular complexity index is 534. The molecule has 0 bridgehead atoms. The number of aryl methyl sites for hydroxylation is 2. The SMILES string of the molecule is CCc1ncc(C(=O)Nc2ccccc2C)s1. The maximum atomic E-state index is 12.0. The number of aromatic nitrogens is 1. The van der Waals surface area contributed by atoms with Gasteiger partial charge in [0.15, 0.2) is 0 Å². The lowest BCUT2D eigenvalue weighted by Gasteiger charge is -2.05. The molecular formula is C13H14N2OS. The molecule has 17 heavy (non-hydrogen) atoms. The van der Waals surface area contributed by atoms with Crippen molar-refractivity contribution in [3.05, 3.63) is 45.9 Å². The molecule has 0 aliphatic heterocycles. The van der Waals surface area contributed by atoms with E-state index in [2.05, 4.69) is 10.3 Å². The summed E-state index contributed by atoms with van der Waals surface area (Å²) in [5, 5.41) is 3.88. The zero-order valence-electron chi connectivity index (χ0n) is 9.86. The van der Waals surface area contributed by atoms with Crippen LogP contribution >= 0.6 is 11.3 Å². The molecule has 0 aliphatic rings. The van der Waals surface area contributed by atoms with Gasteiger partial charge in [-0.15, -0.1) is 11.3 Å². The van der Waals surface area contributed by atoms with Gasteiger partial charge in [-0.1, -0.05) is 25.1 Å². The largest absolute Gasteiger partial charge is 0.321 e. The Labute approximate surface area is 105 Å². The third-order valence-electron chi connectivity index (χ3n) is 2.47. The third-order valence-corrected chi connectivity index (χ3v) is 3.61. The van der Waals surface area contributed by atoms with Gasteiger partial charge < -0.3 is 5.32 Å². The molecule has 0 aliphatic carbocycles. The van der Waals surface area contributed by atoms with Gasteiger partial charge >= 0.3 is 0 Å². The third kappa shape index (κ3) is 2.71. The monoisotopic (exact) mass is 246 g/mol. The molecule has 1 N–H and O–H groups in total. The molecule has 0 radical (unpaired) electrons. The first-order valence-electron chi connectivity index (χ1n) is 5.52. The number of thiazole rings is 1. The molecule has 1 amide bonds. The van der Waals surface area contributed by atoms with Crippen LogP contribution in [-0.2, 0) is 6.42 Å². The summed E-state index contributed by atoms with van der Waals surface area (Å²) in [4.78, 5) is 16.8. The predicted octanol–water partition coefficient (Wildman–Crippen LogP) is 3.27. The molecule has 2 rings (SSSR count). The lowest BCUT2D eigenvalue weighted by atomic mass is 10.2. The molecule has 0 fully saturated rings. The van der Waals surface area contributed by atoms with Crippen LogP contribution in [-0.4, -0.2) is 10.9 Å². The van der Waals surface area contributed by atoms with E-state index in [0.29, 0.717) is 4.88 Å². The Hall–Kier alpha value is -1.68. The summed E-state index contributed by atoms with van der Waals surface area (Å²) in [5.41, 5.74) is 1.91. The number of amides is 1. The summed E-state index contributed by atoms with van der Waals surface area (Å²) in [6.45, 7) is 4.00. The number of benzene rings is 1. The minimum atomic E-state index is -0.0866. The van der Waals surface area contributed by atoms with Crippen molar-refractivity contribution in [2.45, 2.75) is 20.3 Å². The Morgan fingerprint density at radius 1 is 1.41 bits per heavy atom. The van der Waals surface area contributed by atoms with Gasteiger partial charge in [0.2, 0.25) is 0 Å². The summed E-state index contributed by atoms with van der Waals surface area (Å²) < 4.78 is 0. The normalized spacial score (nSPS) is 10.2. The lowest BCUT2D eigenvalue weighted by molar-refractivity contribution is 0.103. The quantitative estimate of drug-likeness (QED) is 0.903. The van der Waals surface area contributed by atoms with E-state index in [0.717, 1.165) is 22.7 Å². The number of nitrogens with one attached hydrogen (secondary N) is 1. The number of rotatable bonds is 3. The zero-order valence-corrected chi connectivity index (χ0v) is 10.7. The van der Waals surface area contributed by atoms with E-state index in [1.54, 1.807) is 6.20 Å². The molecule has 2 aromatic rings. The van der Waals surface area contributed by atoms with Crippen LogP contribution in [0.15, 0.2) is 30.5 Å². The maximum Gasteiger partial charge on any atom is 0.267 e. The number of carbonyl (C=O) groups excluding carboxylic acids is 1. The van der Waals surface area contributed by atoms with Crippen LogP contribution in [0.3, 0.4) is 0 Å². The zero-order chi connectivity index (χ0) is 12.3. The first-order chi connectivity index (χ1) is 8.20. The Kier molecular flexibility index (Phi) is 3.54. The molecule has 0 spiro atoms. The number of para-hydroxylation sites is 1. The minimum Gasteiger partial charge on any atom is -0.321 e. The van der Waals surface area contributed by atoms with Crippen LogP contribution in [0.25, 0.3) is 0 Å². The summed E-state index contributed by atoms with van der Waals surface area (Å²) in [7, 11) is 0. The van der Waals surface area contributed by atoms with E-state index in [9.17, 15) is 4.79 Å². The number of hydrogen-bond acceptors (Lipinski definition) is 3. The van der Waals surface area contributed by atoms with Gasteiger partial charge in [-0.05, 0) is 25.0 Å². The van der Waals surface area contributed by atoms with Gasteiger partial charge in [0.05, 0.1) is 11.2 Å². The van der Waals surface area contributed by atoms with Crippen LogP contribution in [0.1, 0.15) is 27.2 Å². The topological polar surface area (TPSA) is 42.0 Å². The van der Waals surface area contributed by atoms with E-state index in [-0.39, 0.29) is 5.91 Å². The van der Waals surface area contributed by atoms with Crippen molar-refractivity contribution in [3.63, 3.8) is 0 Å². The molecule has 1 aromatic carbocycles. The maximum absolute atomic E-state index is 12.0. The van der Waals surface area contributed by atoms with Gasteiger partial charge in [-0.2, -0.15) is 0 Å². The van der Waals surface area contributed by atoms with E-state index in [1.165, 1.54) is 11.3 Å². The van der Waals surface area contributed by atoms with Crippen molar-refractivity contribution in [3.8, 4) is 0 Å². The van der Waals surface area contributed by atoms with Crippen molar-refractivity contribution in [1.29, 1.82) is 0 Å². The van der Waals surface area contributed by atoms with Crippen LogP contribution in [0.2, 0.25) is 0 Å². The first kappa shape index (κ1) is 11.8. The molecule has 88 valence electrons. The van der Waals surface area contributed by atoms with E-state index >= 15 is 0 Å². The van der Waals surface area contributed by atoms with Gasteiger partial charge in [0, 0.05) is 5.69 Å². The highest BCUT2D eigenvalue weighted by molar-refractivity contribution is 7.13. The Morgan fingerprint density at radius 3 is 2.82 bits per heavy atom. The highest BCUT2D eigenvalue weighted by Gasteiger charge is 2.10. The van der Waals surface area contributed by atoms with Crippen LogP contribution in [0.5, 0.6) is 0 Å². The first-order valence-corrected chi connectivity index (χ1v) is 6.34. The van der Waals surface area contributed by atoms with Crippen molar-refractivity contribution >= 4 is 22.9 Å². The summed E-state index contributed by atoms with van der Waals surface area (Å²) in [6.07, 6.45) is 2.50. The van der Waals surface area contributed by atoms with Gasteiger partial charge in [-0.3, -0.25) is 4.79 Å². The number of anilines is 1. The van der Waals surface area contributed by atoms with Gasteiger partial charge in [0.25, 0.3) is 5.91 Å². The fraction of sp³-hybridized carbons (Fsp3) is 0.231. The van der Waals surface area contributed by atoms with Gasteiger partial charge in [0.1, 0.15) is 4.88 Å². The number of hydrogen-bond donors (Lipinski definition) is 1. The molecular weight excluding hydrogens is 232 g/mol. The molecule has 1 heterocycles. The molecule has 1 aromatic heterocycles. The van der Waals surface area contributed by atoms with Crippen molar-refractivity contribution in [2.24, 2.45) is 0 Å². The van der Waals surface area contributed by atoms with Crippen LogP contribution in [0, 0.1) is 6.92 Å². The second kappa shape index (κ2) is 5.10. The summed E-state index contributed by atoms with van der Waals surface area (Å²) >= 11 is 1.44. The Morgan fingerprint density at radius 2 is 2.18 bits per heavy atom. The predicted molar refractivity (Wildman–Crippen MR) is 70.6 cm³/mol. The molecule has 0 unspecified atom stereocenters. The average Bonchev–Trinajstić information content (AvgIpc) is 2.81. The molecule has 4 heteroatoms. The minimum absolute atomic E-state index is 0.0866. The van der Waals surface area contributed by atoms with E-state index in [1.807, 2.05) is 38.1 Å². The Balaban J connectivity index is 2.14.